The molecule has 96 valence electrons. The Balaban J connectivity index is 2.20. The number of ether oxygens (including phenoxy) is 1. The van der Waals surface area contributed by atoms with Crippen LogP contribution in [0.15, 0.2) is 12.4 Å². The third-order valence-corrected chi connectivity index (χ3v) is 2.07. The first-order valence-corrected chi connectivity index (χ1v) is 5.01. The van der Waals surface area contributed by atoms with Gasteiger partial charge in [0.25, 0.3) is 0 Å². The van der Waals surface area contributed by atoms with Crippen LogP contribution in [0, 0.1) is 0 Å². The van der Waals surface area contributed by atoms with Gasteiger partial charge in [0, 0.05) is 25.9 Å². The van der Waals surface area contributed by atoms with Crippen molar-refractivity contribution in [1.82, 2.24) is 9.55 Å². The molecule has 0 spiro atoms. The van der Waals surface area contributed by atoms with Crippen LogP contribution in [0.4, 0.5) is 13.2 Å². The van der Waals surface area contributed by atoms with E-state index >= 15 is 0 Å². The van der Waals surface area contributed by atoms with Gasteiger partial charge in [-0.15, -0.1) is 0 Å². The largest absolute Gasteiger partial charge is 0.411 e. The van der Waals surface area contributed by atoms with Crippen molar-refractivity contribution >= 4 is 5.78 Å². The zero-order valence-electron chi connectivity index (χ0n) is 9.33. The van der Waals surface area contributed by atoms with Crippen molar-refractivity contribution in [3.63, 3.8) is 0 Å². The average molecular weight is 250 g/mol. The van der Waals surface area contributed by atoms with Crippen molar-refractivity contribution in [1.29, 1.82) is 0 Å². The van der Waals surface area contributed by atoms with E-state index < -0.39 is 12.8 Å². The van der Waals surface area contributed by atoms with Crippen LogP contribution in [0.2, 0.25) is 0 Å². The lowest BCUT2D eigenvalue weighted by atomic mass is 10.2. The first-order chi connectivity index (χ1) is 7.88. The zero-order chi connectivity index (χ0) is 12.9. The lowest BCUT2D eigenvalue weighted by molar-refractivity contribution is -0.174. The third-order valence-electron chi connectivity index (χ3n) is 2.07. The summed E-state index contributed by atoms with van der Waals surface area (Å²) in [6, 6.07) is 0. The Bertz CT molecular complexity index is 374. The fourth-order valence-corrected chi connectivity index (χ4v) is 1.21. The summed E-state index contributed by atoms with van der Waals surface area (Å²) in [5.74, 6) is 0.396. The van der Waals surface area contributed by atoms with Gasteiger partial charge in [-0.2, -0.15) is 13.2 Å². The highest BCUT2D eigenvalue weighted by molar-refractivity contribution is 5.80. The minimum Gasteiger partial charge on any atom is -0.372 e. The number of Topliss-reactive ketones (excluding diaryl/α,β-unsaturated/α-hetero) is 1. The number of nitrogens with zero attached hydrogens (tertiary/aromatic N) is 2. The molecule has 0 saturated carbocycles. The zero-order valence-corrected chi connectivity index (χ0v) is 9.33. The molecule has 1 aromatic heterocycles. The molecule has 1 aromatic rings. The molecule has 0 aliphatic heterocycles. The monoisotopic (exact) mass is 250 g/mol. The highest BCUT2D eigenvalue weighted by atomic mass is 19.4. The van der Waals surface area contributed by atoms with Gasteiger partial charge >= 0.3 is 6.18 Å². The van der Waals surface area contributed by atoms with Crippen molar-refractivity contribution in [3.05, 3.63) is 18.2 Å². The Labute approximate surface area is 96.4 Å². The molecule has 0 radical (unpaired) electrons. The fraction of sp³-hybridized carbons (Fsp3) is 0.600. The summed E-state index contributed by atoms with van der Waals surface area (Å²) in [7, 11) is 1.75. The van der Waals surface area contributed by atoms with E-state index in [4.69, 9.17) is 0 Å². The number of halogens is 3. The second kappa shape index (κ2) is 5.81. The van der Waals surface area contributed by atoms with Crippen molar-refractivity contribution in [2.75, 3.05) is 13.2 Å². The average Bonchev–Trinajstić information content (AvgIpc) is 2.58. The van der Waals surface area contributed by atoms with Gasteiger partial charge in [-0.25, -0.2) is 4.98 Å². The minimum atomic E-state index is -4.34. The molecule has 17 heavy (non-hydrogen) atoms. The number of aromatic nitrogens is 2. The Morgan fingerprint density at radius 1 is 1.53 bits per heavy atom. The molecule has 1 rings (SSSR count). The number of alkyl halides is 3. The third kappa shape index (κ3) is 5.48. The number of aryl methyl sites for hydroxylation is 1. The number of rotatable bonds is 6. The second-order valence-corrected chi connectivity index (χ2v) is 3.59. The summed E-state index contributed by atoms with van der Waals surface area (Å²) in [6.45, 7) is -1.54. The maximum atomic E-state index is 11.7. The molecule has 0 N–H and O–H groups in total. The minimum absolute atomic E-state index is 0.0388. The normalized spacial score (nSPS) is 11.8. The molecule has 0 aromatic carbocycles. The Kier molecular flexibility index (Phi) is 4.68. The highest BCUT2D eigenvalue weighted by Crippen LogP contribution is 2.14. The molecule has 4 nitrogen and oxygen atoms in total. The van der Waals surface area contributed by atoms with Crippen molar-refractivity contribution in [2.24, 2.45) is 7.05 Å². The Morgan fingerprint density at radius 3 is 2.76 bits per heavy atom. The van der Waals surface area contributed by atoms with E-state index in [-0.39, 0.29) is 25.2 Å². The van der Waals surface area contributed by atoms with E-state index in [2.05, 4.69) is 9.72 Å². The number of carbonyl (C=O) groups is 1. The van der Waals surface area contributed by atoms with Gasteiger partial charge in [0.15, 0.2) is 0 Å². The maximum absolute atomic E-state index is 11.7. The van der Waals surface area contributed by atoms with E-state index in [9.17, 15) is 18.0 Å². The predicted octanol–water partition coefficient (Wildman–Crippen LogP) is 1.50. The summed E-state index contributed by atoms with van der Waals surface area (Å²) in [6.07, 6.45) is -1.02. The van der Waals surface area contributed by atoms with Gasteiger partial charge in [0.05, 0.1) is 13.0 Å². The van der Waals surface area contributed by atoms with Gasteiger partial charge < -0.3 is 9.30 Å². The van der Waals surface area contributed by atoms with Gasteiger partial charge in [0.2, 0.25) is 0 Å². The standard InChI is InChI=1S/C10H13F3N2O2/c1-15-4-3-14-9(15)6-8(16)2-5-17-7-10(11,12)13/h3-4H,2,5-7H2,1H3. The van der Waals surface area contributed by atoms with Crippen LogP contribution in [-0.4, -0.2) is 34.7 Å². The predicted molar refractivity (Wildman–Crippen MR) is 53.4 cm³/mol. The first-order valence-electron chi connectivity index (χ1n) is 5.01. The topological polar surface area (TPSA) is 44.1 Å². The lowest BCUT2D eigenvalue weighted by Crippen LogP contribution is -2.19. The molecule has 0 aliphatic rings. The molecule has 1 heterocycles. The van der Waals surface area contributed by atoms with Crippen LogP contribution in [-0.2, 0) is 23.0 Å². The molecule has 0 atom stereocenters. The van der Waals surface area contributed by atoms with E-state index in [1.165, 1.54) is 0 Å². The van der Waals surface area contributed by atoms with Crippen molar-refractivity contribution < 1.29 is 22.7 Å². The van der Waals surface area contributed by atoms with Gasteiger partial charge in [-0.05, 0) is 0 Å². The number of imidazole rings is 1. The fourth-order valence-electron chi connectivity index (χ4n) is 1.21. The molecule has 7 heteroatoms. The van der Waals surface area contributed by atoms with E-state index in [1.54, 1.807) is 24.0 Å². The molecule has 0 amide bonds. The van der Waals surface area contributed by atoms with Gasteiger partial charge in [-0.3, -0.25) is 4.79 Å². The Morgan fingerprint density at radius 2 is 2.24 bits per heavy atom. The number of ketones is 1. The van der Waals surface area contributed by atoms with Crippen LogP contribution in [0.5, 0.6) is 0 Å². The van der Waals surface area contributed by atoms with Crippen LogP contribution in [0.25, 0.3) is 0 Å². The maximum Gasteiger partial charge on any atom is 0.411 e. The molecule has 0 saturated heterocycles. The summed E-state index contributed by atoms with van der Waals surface area (Å²) in [5, 5.41) is 0. The van der Waals surface area contributed by atoms with E-state index in [0.717, 1.165) is 0 Å². The van der Waals surface area contributed by atoms with Crippen molar-refractivity contribution in [3.8, 4) is 0 Å². The molecular formula is C10H13F3N2O2. The smallest absolute Gasteiger partial charge is 0.372 e. The van der Waals surface area contributed by atoms with Crippen LogP contribution < -0.4 is 0 Å². The van der Waals surface area contributed by atoms with E-state index in [1.807, 2.05) is 0 Å². The molecule has 0 aliphatic carbocycles. The SMILES string of the molecule is Cn1ccnc1CC(=O)CCOCC(F)(F)F. The van der Waals surface area contributed by atoms with Crippen molar-refractivity contribution in [2.45, 2.75) is 19.0 Å². The molecule has 0 bridgehead atoms. The Hall–Kier alpha value is -1.37. The van der Waals surface area contributed by atoms with Gasteiger partial charge in [-0.1, -0.05) is 0 Å². The summed E-state index contributed by atoms with van der Waals surface area (Å²) < 4.78 is 41.2. The summed E-state index contributed by atoms with van der Waals surface area (Å²) in [4.78, 5) is 15.3. The summed E-state index contributed by atoms with van der Waals surface area (Å²) >= 11 is 0. The molecule has 0 fully saturated rings. The molecular weight excluding hydrogens is 237 g/mol. The number of carbonyl (C=O) groups excluding carboxylic acids is 1. The molecule has 0 unspecified atom stereocenters. The van der Waals surface area contributed by atoms with E-state index in [0.29, 0.717) is 5.82 Å². The summed E-state index contributed by atoms with van der Waals surface area (Å²) in [5.41, 5.74) is 0. The van der Waals surface area contributed by atoms with Crippen LogP contribution in [0.3, 0.4) is 0 Å². The number of hydrogen-bond donors (Lipinski definition) is 0. The number of hydrogen-bond acceptors (Lipinski definition) is 3. The quantitative estimate of drug-likeness (QED) is 0.719. The highest BCUT2D eigenvalue weighted by Gasteiger charge is 2.27. The van der Waals surface area contributed by atoms with Crippen LogP contribution in [0.1, 0.15) is 12.2 Å². The lowest BCUT2D eigenvalue weighted by Gasteiger charge is -2.07. The van der Waals surface area contributed by atoms with Crippen LogP contribution >= 0.6 is 0 Å². The first kappa shape index (κ1) is 13.7. The van der Waals surface area contributed by atoms with Gasteiger partial charge in [0.1, 0.15) is 18.2 Å². The second-order valence-electron chi connectivity index (χ2n) is 3.59.